The van der Waals surface area contributed by atoms with Gasteiger partial charge in [0.2, 0.25) is 0 Å². The van der Waals surface area contributed by atoms with Crippen LogP contribution in [0.15, 0.2) is 54.9 Å². The van der Waals surface area contributed by atoms with Gasteiger partial charge in [-0.1, -0.05) is 6.08 Å². The summed E-state index contributed by atoms with van der Waals surface area (Å²) in [7, 11) is 1.66. The molecule has 35 heavy (non-hydrogen) atoms. The Kier molecular flexibility index (Phi) is 5.85. The zero-order chi connectivity index (χ0) is 23.6. The molecule has 0 aliphatic carbocycles. The van der Waals surface area contributed by atoms with E-state index in [4.69, 9.17) is 34.3 Å². The maximum absolute atomic E-state index is 5.56. The van der Waals surface area contributed by atoms with Crippen LogP contribution in [-0.2, 0) is 9.47 Å². The molecule has 0 radical (unpaired) electrons. The van der Waals surface area contributed by atoms with Crippen molar-refractivity contribution in [3.8, 4) is 23.0 Å². The molecular weight excluding hydrogens is 444 g/mol. The molecule has 0 saturated carbocycles. The van der Waals surface area contributed by atoms with E-state index in [0.717, 1.165) is 65.5 Å². The van der Waals surface area contributed by atoms with Crippen LogP contribution in [0, 0.1) is 0 Å². The minimum absolute atomic E-state index is 0.513. The van der Waals surface area contributed by atoms with E-state index in [1.807, 2.05) is 42.7 Å². The second kappa shape index (κ2) is 9.44. The highest BCUT2D eigenvalue weighted by Gasteiger charge is 2.20. The van der Waals surface area contributed by atoms with Crippen LogP contribution in [0.4, 0.5) is 5.82 Å². The van der Waals surface area contributed by atoms with E-state index in [1.54, 1.807) is 11.8 Å². The molecule has 0 atom stereocenters. The molecule has 0 N–H and O–H groups in total. The Morgan fingerprint density at radius 3 is 2.57 bits per heavy atom. The van der Waals surface area contributed by atoms with Crippen molar-refractivity contribution in [3.05, 3.63) is 60.4 Å². The third kappa shape index (κ3) is 4.36. The van der Waals surface area contributed by atoms with Gasteiger partial charge in [-0.2, -0.15) is 10.1 Å². The van der Waals surface area contributed by atoms with Crippen molar-refractivity contribution in [3.63, 3.8) is 0 Å². The predicted molar refractivity (Wildman–Crippen MR) is 133 cm³/mol. The van der Waals surface area contributed by atoms with Crippen LogP contribution in [0.3, 0.4) is 0 Å². The molecule has 1 fully saturated rings. The van der Waals surface area contributed by atoms with E-state index in [9.17, 15) is 0 Å². The van der Waals surface area contributed by atoms with Crippen molar-refractivity contribution in [2.75, 3.05) is 51.5 Å². The molecule has 2 aliphatic heterocycles. The van der Waals surface area contributed by atoms with Gasteiger partial charge in [-0.25, -0.2) is 9.67 Å². The van der Waals surface area contributed by atoms with Crippen LogP contribution < -0.4 is 9.64 Å². The molecule has 0 amide bonds. The van der Waals surface area contributed by atoms with Crippen molar-refractivity contribution >= 4 is 22.4 Å². The van der Waals surface area contributed by atoms with E-state index < -0.39 is 0 Å². The number of morpholine rings is 1. The molecule has 5 heterocycles. The number of nitrogens with zero attached hydrogens (tertiary/aromatic N) is 6. The Labute approximate surface area is 203 Å². The van der Waals surface area contributed by atoms with Gasteiger partial charge in [-0.05, 0) is 54.0 Å². The molecular formula is C26H26N6O3. The molecule has 178 valence electrons. The molecule has 0 spiro atoms. The lowest BCUT2D eigenvalue weighted by Crippen LogP contribution is -2.37. The molecule has 1 saturated heterocycles. The summed E-state index contributed by atoms with van der Waals surface area (Å²) < 4.78 is 18.0. The topological polar surface area (TPSA) is 87.4 Å². The Morgan fingerprint density at radius 1 is 0.943 bits per heavy atom. The van der Waals surface area contributed by atoms with E-state index in [2.05, 4.69) is 17.0 Å². The number of rotatable bonds is 5. The summed E-state index contributed by atoms with van der Waals surface area (Å²) in [6, 6.07) is 11.9. The maximum Gasteiger partial charge on any atom is 0.253 e. The third-order valence-electron chi connectivity index (χ3n) is 6.33. The number of anilines is 1. The van der Waals surface area contributed by atoms with Gasteiger partial charge in [0.05, 0.1) is 44.7 Å². The van der Waals surface area contributed by atoms with Crippen molar-refractivity contribution in [1.29, 1.82) is 0 Å². The van der Waals surface area contributed by atoms with Crippen molar-refractivity contribution in [2.45, 2.75) is 6.42 Å². The first-order valence-electron chi connectivity index (χ1n) is 11.8. The first-order chi connectivity index (χ1) is 17.3. The highest BCUT2D eigenvalue weighted by molar-refractivity contribution is 5.88. The van der Waals surface area contributed by atoms with Gasteiger partial charge in [0.15, 0.2) is 5.82 Å². The second-order valence-corrected chi connectivity index (χ2v) is 8.47. The van der Waals surface area contributed by atoms with Gasteiger partial charge in [0, 0.05) is 31.0 Å². The van der Waals surface area contributed by atoms with Gasteiger partial charge in [0.1, 0.15) is 11.3 Å². The fourth-order valence-electron chi connectivity index (χ4n) is 4.41. The number of methoxy groups -OCH3 is 1. The lowest BCUT2D eigenvalue weighted by molar-refractivity contribution is 0.122. The van der Waals surface area contributed by atoms with Crippen LogP contribution >= 0.6 is 0 Å². The van der Waals surface area contributed by atoms with Crippen LogP contribution in [0.5, 0.6) is 5.75 Å². The van der Waals surface area contributed by atoms with E-state index in [0.29, 0.717) is 25.8 Å². The van der Waals surface area contributed by atoms with Crippen LogP contribution in [0.2, 0.25) is 0 Å². The molecule has 1 aromatic carbocycles. The van der Waals surface area contributed by atoms with Crippen molar-refractivity contribution < 1.29 is 14.2 Å². The SMILES string of the molecule is COc1ccc(-c2ccn(-c3nc(N4CCOCC4)c4ncc(C5=CCOCC5)cc4n3)n2)cc1. The zero-order valence-electron chi connectivity index (χ0n) is 19.6. The molecule has 9 nitrogen and oxygen atoms in total. The average molecular weight is 471 g/mol. The molecule has 3 aromatic heterocycles. The van der Waals surface area contributed by atoms with Gasteiger partial charge in [-0.15, -0.1) is 0 Å². The minimum atomic E-state index is 0.513. The molecule has 4 aromatic rings. The molecule has 0 bridgehead atoms. The number of fused-ring (bicyclic) bond motifs is 1. The summed E-state index contributed by atoms with van der Waals surface area (Å²) in [6.45, 7) is 4.19. The van der Waals surface area contributed by atoms with Gasteiger partial charge in [0.25, 0.3) is 5.95 Å². The molecule has 6 rings (SSSR count). The number of ether oxygens (including phenoxy) is 3. The van der Waals surface area contributed by atoms with Gasteiger partial charge in [-0.3, -0.25) is 4.98 Å². The summed E-state index contributed by atoms with van der Waals surface area (Å²) in [4.78, 5) is 16.8. The Hall–Kier alpha value is -3.82. The fraction of sp³-hybridized carbons (Fsp3) is 0.308. The van der Waals surface area contributed by atoms with E-state index >= 15 is 0 Å². The Morgan fingerprint density at radius 2 is 1.80 bits per heavy atom. The number of hydrogen-bond acceptors (Lipinski definition) is 8. The highest BCUT2D eigenvalue weighted by atomic mass is 16.5. The summed E-state index contributed by atoms with van der Waals surface area (Å²) in [5.74, 6) is 2.13. The quantitative estimate of drug-likeness (QED) is 0.438. The first kappa shape index (κ1) is 21.7. The third-order valence-corrected chi connectivity index (χ3v) is 6.33. The summed E-state index contributed by atoms with van der Waals surface area (Å²) in [5.41, 5.74) is 5.72. The lowest BCUT2D eigenvalue weighted by atomic mass is 10.0. The lowest BCUT2D eigenvalue weighted by Gasteiger charge is -2.28. The van der Waals surface area contributed by atoms with E-state index in [1.165, 1.54) is 5.57 Å². The molecule has 0 unspecified atom stereocenters. The highest BCUT2D eigenvalue weighted by Crippen LogP contribution is 2.29. The largest absolute Gasteiger partial charge is 0.497 e. The zero-order valence-corrected chi connectivity index (χ0v) is 19.6. The minimum Gasteiger partial charge on any atom is -0.497 e. The van der Waals surface area contributed by atoms with Crippen LogP contribution in [-0.4, -0.2) is 71.4 Å². The van der Waals surface area contributed by atoms with Crippen molar-refractivity contribution in [2.24, 2.45) is 0 Å². The number of pyridine rings is 1. The smallest absolute Gasteiger partial charge is 0.253 e. The Balaban J connectivity index is 1.43. The number of hydrogen-bond donors (Lipinski definition) is 0. The first-order valence-corrected chi connectivity index (χ1v) is 11.8. The number of aromatic nitrogens is 5. The predicted octanol–water partition coefficient (Wildman–Crippen LogP) is 3.53. The van der Waals surface area contributed by atoms with E-state index in [-0.39, 0.29) is 0 Å². The fourth-order valence-corrected chi connectivity index (χ4v) is 4.41. The summed E-state index contributed by atoms with van der Waals surface area (Å²) in [5, 5.41) is 4.77. The van der Waals surface area contributed by atoms with Gasteiger partial charge < -0.3 is 19.1 Å². The summed E-state index contributed by atoms with van der Waals surface area (Å²) >= 11 is 0. The molecule has 9 heteroatoms. The standard InChI is InChI=1S/C26H26N6O3/c1-33-21-4-2-19(3-5-21)22-6-9-32(30-22)26-28-23-16-20(18-7-12-34-13-8-18)17-27-24(23)25(29-26)31-10-14-35-15-11-31/h2-7,9,16-17H,8,10-15H2,1H3. The monoisotopic (exact) mass is 470 g/mol. The summed E-state index contributed by atoms with van der Waals surface area (Å²) in [6.07, 6.45) is 6.79. The number of benzene rings is 1. The normalized spacial score (nSPS) is 16.4. The average Bonchev–Trinajstić information content (AvgIpc) is 3.44. The van der Waals surface area contributed by atoms with Crippen LogP contribution in [0.25, 0.3) is 33.8 Å². The maximum atomic E-state index is 5.56. The van der Waals surface area contributed by atoms with Crippen molar-refractivity contribution in [1.82, 2.24) is 24.7 Å². The van der Waals surface area contributed by atoms with Gasteiger partial charge >= 0.3 is 0 Å². The van der Waals surface area contributed by atoms with Crippen LogP contribution in [0.1, 0.15) is 12.0 Å². The second-order valence-electron chi connectivity index (χ2n) is 8.47. The molecule has 2 aliphatic rings. The Bertz CT molecular complexity index is 1380.